The van der Waals surface area contributed by atoms with Crippen molar-refractivity contribution in [1.82, 2.24) is 5.32 Å². The van der Waals surface area contributed by atoms with E-state index in [1.54, 1.807) is 0 Å². The van der Waals surface area contributed by atoms with Crippen molar-refractivity contribution in [2.45, 2.75) is 53.0 Å². The van der Waals surface area contributed by atoms with Crippen molar-refractivity contribution in [2.24, 2.45) is 0 Å². The third kappa shape index (κ3) is 3.98. The summed E-state index contributed by atoms with van der Waals surface area (Å²) in [4.78, 5) is 0. The van der Waals surface area contributed by atoms with Gasteiger partial charge in [0.15, 0.2) is 5.11 Å². The lowest BCUT2D eigenvalue weighted by atomic mass is 10.0. The van der Waals surface area contributed by atoms with Crippen LogP contribution in [-0.4, -0.2) is 11.2 Å². The Kier molecular flexibility index (Phi) is 6.13. The number of hydrogen-bond acceptors (Lipinski definition) is 1. The van der Waals surface area contributed by atoms with Crippen LogP contribution in [0.15, 0.2) is 18.2 Å². The van der Waals surface area contributed by atoms with E-state index < -0.39 is 0 Å². The van der Waals surface area contributed by atoms with E-state index in [9.17, 15) is 0 Å². The summed E-state index contributed by atoms with van der Waals surface area (Å²) in [5.41, 5.74) is 3.83. The second-order valence-electron chi connectivity index (χ2n) is 4.57. The zero-order valence-corrected chi connectivity index (χ0v) is 12.7. The first-order valence-corrected chi connectivity index (χ1v) is 7.21. The fourth-order valence-corrected chi connectivity index (χ4v) is 2.18. The van der Waals surface area contributed by atoms with Gasteiger partial charge >= 0.3 is 0 Å². The van der Waals surface area contributed by atoms with E-state index in [-0.39, 0.29) is 0 Å². The summed E-state index contributed by atoms with van der Waals surface area (Å²) in [6, 6.07) is 6.85. The smallest absolute Gasteiger partial charge is 0.171 e. The van der Waals surface area contributed by atoms with Gasteiger partial charge in [0.2, 0.25) is 0 Å². The van der Waals surface area contributed by atoms with E-state index in [4.69, 9.17) is 12.2 Å². The monoisotopic (exact) mass is 264 g/mol. The minimum atomic E-state index is 0.406. The molecule has 2 N–H and O–H groups in total. The molecule has 0 aliphatic carbocycles. The molecule has 0 spiro atoms. The zero-order valence-electron chi connectivity index (χ0n) is 11.8. The van der Waals surface area contributed by atoms with Crippen molar-refractivity contribution >= 4 is 23.0 Å². The normalized spacial score (nSPS) is 12.0. The van der Waals surface area contributed by atoms with Gasteiger partial charge in [-0.25, -0.2) is 0 Å². The van der Waals surface area contributed by atoms with Crippen LogP contribution in [0.3, 0.4) is 0 Å². The van der Waals surface area contributed by atoms with Crippen LogP contribution in [0, 0.1) is 0 Å². The summed E-state index contributed by atoms with van der Waals surface area (Å²) in [5, 5.41) is 7.39. The van der Waals surface area contributed by atoms with Crippen LogP contribution in [0.1, 0.15) is 45.2 Å². The van der Waals surface area contributed by atoms with Crippen LogP contribution in [0.4, 0.5) is 5.69 Å². The van der Waals surface area contributed by atoms with Gasteiger partial charge in [-0.05, 0) is 49.5 Å². The second kappa shape index (κ2) is 7.37. The standard InChI is InChI=1S/C15H24N2S/c1-5-11(4)16-15(18)17-14-12(6-2)9-8-10-13(14)7-3/h8-11H,5-7H2,1-4H3,(H2,16,17,18)/t11-/m1/s1. The van der Waals surface area contributed by atoms with Crippen molar-refractivity contribution in [2.75, 3.05) is 5.32 Å². The lowest BCUT2D eigenvalue weighted by Crippen LogP contribution is -2.35. The Balaban J connectivity index is 2.85. The first-order chi connectivity index (χ1) is 8.62. The maximum absolute atomic E-state index is 5.37. The third-order valence-corrected chi connectivity index (χ3v) is 3.45. The van der Waals surface area contributed by atoms with E-state index >= 15 is 0 Å². The first kappa shape index (κ1) is 15.0. The quantitative estimate of drug-likeness (QED) is 0.789. The molecule has 2 nitrogen and oxygen atoms in total. The van der Waals surface area contributed by atoms with E-state index in [1.165, 1.54) is 16.8 Å². The average Bonchev–Trinajstić information content (AvgIpc) is 2.38. The summed E-state index contributed by atoms with van der Waals surface area (Å²) in [6.45, 7) is 8.63. The van der Waals surface area contributed by atoms with Crippen LogP contribution >= 0.6 is 12.2 Å². The highest BCUT2D eigenvalue weighted by molar-refractivity contribution is 7.80. The highest BCUT2D eigenvalue weighted by atomic mass is 32.1. The zero-order chi connectivity index (χ0) is 13.5. The van der Waals surface area contributed by atoms with Gasteiger partial charge in [-0.3, -0.25) is 0 Å². The van der Waals surface area contributed by atoms with Crippen molar-refractivity contribution in [1.29, 1.82) is 0 Å². The van der Waals surface area contributed by atoms with Crippen molar-refractivity contribution in [3.05, 3.63) is 29.3 Å². The number of para-hydroxylation sites is 1. The molecule has 1 aromatic rings. The Morgan fingerprint density at radius 2 is 1.72 bits per heavy atom. The third-order valence-electron chi connectivity index (χ3n) is 3.23. The fraction of sp³-hybridized carbons (Fsp3) is 0.533. The molecule has 0 saturated heterocycles. The second-order valence-corrected chi connectivity index (χ2v) is 4.97. The molecule has 0 bridgehead atoms. The van der Waals surface area contributed by atoms with Crippen LogP contribution in [-0.2, 0) is 12.8 Å². The topological polar surface area (TPSA) is 24.1 Å². The van der Waals surface area contributed by atoms with Crippen LogP contribution in [0.2, 0.25) is 0 Å². The largest absolute Gasteiger partial charge is 0.360 e. The summed E-state index contributed by atoms with van der Waals surface area (Å²) in [7, 11) is 0. The highest BCUT2D eigenvalue weighted by Gasteiger charge is 2.08. The van der Waals surface area contributed by atoms with Gasteiger partial charge in [0.25, 0.3) is 0 Å². The molecule has 1 rings (SSSR count). The van der Waals surface area contributed by atoms with Gasteiger partial charge in [0.1, 0.15) is 0 Å². The van der Waals surface area contributed by atoms with E-state index in [1.807, 2.05) is 0 Å². The SMILES string of the molecule is CCc1cccc(CC)c1NC(=S)N[C@H](C)CC. The molecule has 0 aromatic heterocycles. The molecule has 0 heterocycles. The van der Waals surface area contributed by atoms with Crippen LogP contribution < -0.4 is 10.6 Å². The lowest BCUT2D eigenvalue weighted by molar-refractivity contribution is 0.646. The van der Waals surface area contributed by atoms with Gasteiger partial charge in [-0.2, -0.15) is 0 Å². The van der Waals surface area contributed by atoms with Crippen molar-refractivity contribution < 1.29 is 0 Å². The molecule has 0 radical (unpaired) electrons. The van der Waals surface area contributed by atoms with Gasteiger partial charge in [-0.15, -0.1) is 0 Å². The Morgan fingerprint density at radius 3 is 2.17 bits per heavy atom. The Bertz CT molecular complexity index is 379. The van der Waals surface area contributed by atoms with Crippen molar-refractivity contribution in [3.63, 3.8) is 0 Å². The number of anilines is 1. The number of nitrogens with one attached hydrogen (secondary N) is 2. The molecule has 0 saturated carbocycles. The molecule has 0 amide bonds. The van der Waals surface area contributed by atoms with Gasteiger partial charge in [0, 0.05) is 11.7 Å². The first-order valence-electron chi connectivity index (χ1n) is 6.80. The minimum Gasteiger partial charge on any atom is -0.360 e. The molecule has 18 heavy (non-hydrogen) atoms. The molecule has 0 aliphatic rings. The number of rotatable bonds is 5. The molecule has 100 valence electrons. The predicted molar refractivity (Wildman–Crippen MR) is 84.3 cm³/mol. The molecule has 0 aliphatic heterocycles. The molecule has 0 unspecified atom stereocenters. The molecule has 1 aromatic carbocycles. The van der Waals surface area contributed by atoms with E-state index in [2.05, 4.69) is 56.5 Å². The van der Waals surface area contributed by atoms with Crippen LogP contribution in [0.25, 0.3) is 0 Å². The Hall–Kier alpha value is -1.09. The molecular formula is C15H24N2S. The summed E-state index contributed by atoms with van der Waals surface area (Å²) in [5.74, 6) is 0. The summed E-state index contributed by atoms with van der Waals surface area (Å²) in [6.07, 6.45) is 3.10. The molecule has 1 atom stereocenters. The van der Waals surface area contributed by atoms with E-state index in [0.29, 0.717) is 6.04 Å². The number of thiocarbonyl (C=S) groups is 1. The number of aryl methyl sites for hydroxylation is 2. The summed E-state index contributed by atoms with van der Waals surface area (Å²) < 4.78 is 0. The van der Waals surface area contributed by atoms with Gasteiger partial charge < -0.3 is 10.6 Å². The average molecular weight is 264 g/mol. The van der Waals surface area contributed by atoms with Crippen molar-refractivity contribution in [3.8, 4) is 0 Å². The summed E-state index contributed by atoms with van der Waals surface area (Å²) >= 11 is 5.37. The molecule has 3 heteroatoms. The number of benzene rings is 1. The molecule has 0 fully saturated rings. The lowest BCUT2D eigenvalue weighted by Gasteiger charge is -2.19. The van der Waals surface area contributed by atoms with Crippen LogP contribution in [0.5, 0.6) is 0 Å². The maximum Gasteiger partial charge on any atom is 0.171 e. The molecular weight excluding hydrogens is 240 g/mol. The van der Waals surface area contributed by atoms with Gasteiger partial charge in [0.05, 0.1) is 0 Å². The maximum atomic E-state index is 5.37. The number of hydrogen-bond donors (Lipinski definition) is 2. The highest BCUT2D eigenvalue weighted by Crippen LogP contribution is 2.22. The van der Waals surface area contributed by atoms with E-state index in [0.717, 1.165) is 24.4 Å². The van der Waals surface area contributed by atoms with Gasteiger partial charge in [-0.1, -0.05) is 39.0 Å². The minimum absolute atomic E-state index is 0.406. The predicted octanol–water partition coefficient (Wildman–Crippen LogP) is 3.90. The fourth-order valence-electron chi connectivity index (χ4n) is 1.88. The Labute approximate surface area is 116 Å². The Morgan fingerprint density at radius 1 is 1.17 bits per heavy atom.